The van der Waals surface area contributed by atoms with E-state index in [-0.39, 0.29) is 11.7 Å². The number of aromatic nitrogens is 3. The number of carbonyl (C=O) groups is 1. The summed E-state index contributed by atoms with van der Waals surface area (Å²) in [5.41, 5.74) is 1.80. The molecule has 1 heterocycles. The molecule has 1 aromatic heterocycles. The minimum absolute atomic E-state index is 0.174. The van der Waals surface area contributed by atoms with Crippen LogP contribution in [0.5, 0.6) is 0 Å². The van der Waals surface area contributed by atoms with Crippen LogP contribution < -0.4 is 5.32 Å². The summed E-state index contributed by atoms with van der Waals surface area (Å²) in [6.45, 7) is 4.40. The van der Waals surface area contributed by atoms with Crippen molar-refractivity contribution in [1.82, 2.24) is 14.8 Å². The molecule has 0 unspecified atom stereocenters. The van der Waals surface area contributed by atoms with Gasteiger partial charge in [0.05, 0.1) is 5.75 Å². The van der Waals surface area contributed by atoms with Crippen molar-refractivity contribution >= 4 is 46.6 Å². The minimum Gasteiger partial charge on any atom is -0.325 e. The summed E-state index contributed by atoms with van der Waals surface area (Å²) >= 11 is 13.3. The van der Waals surface area contributed by atoms with Crippen molar-refractivity contribution in [3.63, 3.8) is 0 Å². The molecule has 29 heavy (non-hydrogen) atoms. The van der Waals surface area contributed by atoms with Crippen LogP contribution in [0.1, 0.15) is 11.4 Å². The summed E-state index contributed by atoms with van der Waals surface area (Å²) in [5.74, 6) is 0.892. The van der Waals surface area contributed by atoms with Crippen molar-refractivity contribution in [2.75, 3.05) is 11.1 Å². The molecule has 0 radical (unpaired) electrons. The number of allylic oxidation sites excluding steroid dienone is 1. The lowest BCUT2D eigenvalue weighted by Crippen LogP contribution is -2.15. The average Bonchev–Trinajstić information content (AvgIpc) is 3.07. The Labute approximate surface area is 184 Å². The molecule has 0 aliphatic carbocycles. The largest absolute Gasteiger partial charge is 0.325 e. The van der Waals surface area contributed by atoms with Crippen molar-refractivity contribution in [2.45, 2.75) is 24.5 Å². The molecule has 0 aliphatic heterocycles. The van der Waals surface area contributed by atoms with Gasteiger partial charge >= 0.3 is 0 Å². The van der Waals surface area contributed by atoms with Gasteiger partial charge in [-0.15, -0.1) is 16.8 Å². The van der Waals surface area contributed by atoms with Gasteiger partial charge in [0.15, 0.2) is 5.16 Å². The Bertz CT molecular complexity index is 971. The number of thioether (sulfide) groups is 1. The fourth-order valence-electron chi connectivity index (χ4n) is 2.78. The molecule has 0 saturated heterocycles. The van der Waals surface area contributed by atoms with Crippen LogP contribution in [0.25, 0.3) is 0 Å². The number of amides is 1. The van der Waals surface area contributed by atoms with Crippen LogP contribution in [0.3, 0.4) is 0 Å². The first-order valence-corrected chi connectivity index (χ1v) is 10.7. The van der Waals surface area contributed by atoms with Crippen LogP contribution in [0.4, 0.5) is 5.69 Å². The van der Waals surface area contributed by atoms with Crippen LogP contribution in [0.2, 0.25) is 10.0 Å². The summed E-state index contributed by atoms with van der Waals surface area (Å²) < 4.78 is 1.99. The number of benzene rings is 2. The highest BCUT2D eigenvalue weighted by atomic mass is 35.5. The van der Waals surface area contributed by atoms with Crippen LogP contribution >= 0.6 is 35.0 Å². The highest BCUT2D eigenvalue weighted by Crippen LogP contribution is 2.23. The van der Waals surface area contributed by atoms with Gasteiger partial charge in [-0.3, -0.25) is 4.79 Å². The molecular weight excluding hydrogens is 427 g/mol. The Balaban J connectivity index is 1.61. The number of halogens is 2. The average molecular weight is 447 g/mol. The number of hydrogen-bond acceptors (Lipinski definition) is 4. The van der Waals surface area contributed by atoms with Gasteiger partial charge in [-0.25, -0.2) is 0 Å². The van der Waals surface area contributed by atoms with Gasteiger partial charge in [-0.1, -0.05) is 71.4 Å². The van der Waals surface area contributed by atoms with E-state index in [0.29, 0.717) is 27.4 Å². The minimum atomic E-state index is -0.174. The third-order valence-corrected chi connectivity index (χ3v) is 5.47. The molecule has 3 aromatic rings. The fraction of sp³-hybridized carbons (Fsp3) is 0.190. The summed E-state index contributed by atoms with van der Waals surface area (Å²) in [6.07, 6.45) is 3.43. The summed E-state index contributed by atoms with van der Waals surface area (Å²) in [5, 5.41) is 13.0. The predicted molar refractivity (Wildman–Crippen MR) is 120 cm³/mol. The van der Waals surface area contributed by atoms with Gasteiger partial charge in [-0.2, -0.15) is 0 Å². The molecule has 3 rings (SSSR count). The highest BCUT2D eigenvalue weighted by molar-refractivity contribution is 7.99. The molecule has 5 nitrogen and oxygen atoms in total. The van der Waals surface area contributed by atoms with E-state index in [4.69, 9.17) is 23.2 Å². The maximum atomic E-state index is 12.3. The zero-order valence-electron chi connectivity index (χ0n) is 15.6. The van der Waals surface area contributed by atoms with Gasteiger partial charge < -0.3 is 9.88 Å². The molecule has 0 bridgehead atoms. The summed E-state index contributed by atoms with van der Waals surface area (Å²) in [6, 6.07) is 15.2. The number of aryl methyl sites for hydroxylation is 2. The smallest absolute Gasteiger partial charge is 0.234 e. The number of carbonyl (C=O) groups excluding carboxylic acids is 1. The van der Waals surface area contributed by atoms with Crippen LogP contribution in [-0.2, 0) is 24.2 Å². The lowest BCUT2D eigenvalue weighted by molar-refractivity contribution is -0.113. The van der Waals surface area contributed by atoms with Crippen LogP contribution in [-0.4, -0.2) is 26.4 Å². The van der Waals surface area contributed by atoms with E-state index < -0.39 is 0 Å². The quantitative estimate of drug-likeness (QED) is 0.358. The molecule has 150 valence electrons. The third-order valence-electron chi connectivity index (χ3n) is 4.06. The van der Waals surface area contributed by atoms with Crippen molar-refractivity contribution in [3.05, 3.63) is 82.6 Å². The molecule has 1 N–H and O–H groups in total. The van der Waals surface area contributed by atoms with E-state index in [1.54, 1.807) is 24.3 Å². The first kappa shape index (κ1) is 21.4. The molecule has 8 heteroatoms. The van der Waals surface area contributed by atoms with E-state index in [9.17, 15) is 4.79 Å². The zero-order valence-corrected chi connectivity index (χ0v) is 18.0. The van der Waals surface area contributed by atoms with E-state index >= 15 is 0 Å². The zero-order chi connectivity index (χ0) is 20.6. The lowest BCUT2D eigenvalue weighted by Gasteiger charge is -2.09. The molecule has 0 atom stereocenters. The summed E-state index contributed by atoms with van der Waals surface area (Å²) in [4.78, 5) is 12.3. The maximum Gasteiger partial charge on any atom is 0.234 e. The molecule has 0 aliphatic rings. The second-order valence-electron chi connectivity index (χ2n) is 6.28. The van der Waals surface area contributed by atoms with Crippen molar-refractivity contribution < 1.29 is 4.79 Å². The van der Waals surface area contributed by atoms with Gasteiger partial charge in [0.2, 0.25) is 5.91 Å². The van der Waals surface area contributed by atoms with Crippen molar-refractivity contribution in [3.8, 4) is 0 Å². The molecule has 1 amide bonds. The molecule has 2 aromatic carbocycles. The first-order valence-electron chi connectivity index (χ1n) is 9.01. The van der Waals surface area contributed by atoms with Gasteiger partial charge in [0.25, 0.3) is 0 Å². The number of anilines is 1. The number of rotatable bonds is 9. The Kier molecular flexibility index (Phi) is 7.75. The van der Waals surface area contributed by atoms with Gasteiger partial charge in [-0.05, 0) is 30.2 Å². The normalized spacial score (nSPS) is 10.7. The molecule has 0 fully saturated rings. The summed E-state index contributed by atoms with van der Waals surface area (Å²) in [7, 11) is 0. The Morgan fingerprint density at radius 1 is 1.10 bits per heavy atom. The predicted octanol–water partition coefficient (Wildman–Crippen LogP) is 5.29. The monoisotopic (exact) mass is 446 g/mol. The maximum absolute atomic E-state index is 12.3. The van der Waals surface area contributed by atoms with E-state index in [1.807, 2.05) is 22.8 Å². The Hall–Kier alpha value is -2.28. The third kappa shape index (κ3) is 6.35. The van der Waals surface area contributed by atoms with Crippen molar-refractivity contribution in [1.29, 1.82) is 0 Å². The number of nitrogens with zero attached hydrogens (tertiary/aromatic N) is 3. The topological polar surface area (TPSA) is 59.8 Å². The van der Waals surface area contributed by atoms with Crippen LogP contribution in [0.15, 0.2) is 66.3 Å². The molecular formula is C21H20Cl2N4OS. The van der Waals surface area contributed by atoms with E-state index in [0.717, 1.165) is 18.7 Å². The number of hydrogen-bond donors (Lipinski definition) is 1. The van der Waals surface area contributed by atoms with E-state index in [1.165, 1.54) is 17.3 Å². The fourth-order valence-corrected chi connectivity index (χ4v) is 4.07. The highest BCUT2D eigenvalue weighted by Gasteiger charge is 2.14. The van der Waals surface area contributed by atoms with E-state index in [2.05, 4.69) is 34.2 Å². The first-order chi connectivity index (χ1) is 14.0. The number of nitrogens with one attached hydrogen (secondary N) is 1. The van der Waals surface area contributed by atoms with Crippen LogP contribution in [0, 0.1) is 0 Å². The van der Waals surface area contributed by atoms with Gasteiger partial charge in [0.1, 0.15) is 5.82 Å². The standard InChI is InChI=1S/C21H20Cl2N4OS/c1-2-10-27-19(9-8-15-6-4-3-5-7-15)25-26-21(27)29-14-20(28)24-18-12-16(22)11-17(23)13-18/h2-7,11-13H,1,8-10,14H2,(H,24,28). The lowest BCUT2D eigenvalue weighted by atomic mass is 10.1. The van der Waals surface area contributed by atoms with Gasteiger partial charge in [0, 0.05) is 28.7 Å². The molecule has 0 saturated carbocycles. The Morgan fingerprint density at radius 3 is 2.52 bits per heavy atom. The Morgan fingerprint density at radius 2 is 1.83 bits per heavy atom. The SMILES string of the molecule is C=CCn1c(CCc2ccccc2)nnc1SCC(=O)Nc1cc(Cl)cc(Cl)c1. The van der Waals surface area contributed by atoms with Crippen molar-refractivity contribution in [2.24, 2.45) is 0 Å². The molecule has 0 spiro atoms. The second kappa shape index (κ2) is 10.5. The second-order valence-corrected chi connectivity index (χ2v) is 8.09.